The third-order valence-corrected chi connectivity index (χ3v) is 6.31. The third kappa shape index (κ3) is 3.56. The van der Waals surface area contributed by atoms with E-state index in [2.05, 4.69) is 6.07 Å². The molecule has 2 fully saturated rings. The van der Waals surface area contributed by atoms with Crippen molar-refractivity contribution >= 4 is 0 Å². The zero-order chi connectivity index (χ0) is 20.5. The van der Waals surface area contributed by atoms with Crippen LogP contribution in [0, 0.1) is 18.8 Å². The molecule has 156 valence electrons. The highest BCUT2D eigenvalue weighted by atomic mass is 16.5. The second-order valence-corrected chi connectivity index (χ2v) is 7.86. The van der Waals surface area contributed by atoms with Crippen LogP contribution in [0.5, 0.6) is 5.75 Å². The van der Waals surface area contributed by atoms with Crippen molar-refractivity contribution in [2.75, 3.05) is 20.3 Å². The molecule has 4 atom stereocenters. The van der Waals surface area contributed by atoms with Gasteiger partial charge in [0.2, 0.25) is 0 Å². The Hall–Kier alpha value is -1.96. The molecule has 0 radical (unpaired) electrons. The fourth-order valence-corrected chi connectivity index (χ4v) is 4.72. The summed E-state index contributed by atoms with van der Waals surface area (Å²) in [5.74, 6) is 1.26. The summed E-state index contributed by atoms with van der Waals surface area (Å²) in [6.45, 7) is 2.58. The van der Waals surface area contributed by atoms with E-state index in [1.807, 2.05) is 31.2 Å². The Kier molecular flexibility index (Phi) is 5.90. The maximum absolute atomic E-state index is 9.72. The molecule has 2 heterocycles. The highest BCUT2D eigenvalue weighted by molar-refractivity contribution is 5.41. The lowest BCUT2D eigenvalue weighted by Gasteiger charge is -2.20. The van der Waals surface area contributed by atoms with E-state index in [0.29, 0.717) is 29.9 Å². The largest absolute Gasteiger partial charge is 0.496 e. The standard InChI is InChI=1S/C23H28O6/c1-13-3-4-14(7-21(13)27-2)22-19-11-29-23(20(19)12-28-22)15-5-16(8-24)18(10-26)17(6-15)9-25/h3-7,19-20,22-26H,8-12H2,1-2H3/t19-,20-,22+,23?/m0/s1. The summed E-state index contributed by atoms with van der Waals surface area (Å²) in [7, 11) is 1.67. The Bertz CT molecular complexity index is 855. The molecule has 0 saturated carbocycles. The van der Waals surface area contributed by atoms with Gasteiger partial charge in [-0.15, -0.1) is 0 Å². The number of rotatable bonds is 6. The predicted octanol–water partition coefficient (Wildman–Crippen LogP) is 2.56. The lowest BCUT2D eigenvalue weighted by atomic mass is 9.83. The summed E-state index contributed by atoms with van der Waals surface area (Å²) < 4.78 is 17.8. The van der Waals surface area contributed by atoms with E-state index in [0.717, 1.165) is 22.4 Å². The molecular formula is C23H28O6. The maximum atomic E-state index is 9.72. The van der Waals surface area contributed by atoms with Crippen molar-refractivity contribution in [3.8, 4) is 5.75 Å². The molecular weight excluding hydrogens is 372 g/mol. The SMILES string of the molecule is COc1cc([C@H]2OC[C@@H]3C(c4cc(CO)c(CO)c(CO)c4)OC[C@H]23)ccc1C. The minimum Gasteiger partial charge on any atom is -0.496 e. The normalized spacial score (nSPS) is 26.0. The number of methoxy groups -OCH3 is 1. The van der Waals surface area contributed by atoms with Crippen molar-refractivity contribution in [3.63, 3.8) is 0 Å². The fourth-order valence-electron chi connectivity index (χ4n) is 4.72. The lowest BCUT2D eigenvalue weighted by molar-refractivity contribution is 0.0191. The zero-order valence-corrected chi connectivity index (χ0v) is 16.8. The predicted molar refractivity (Wildman–Crippen MR) is 106 cm³/mol. The van der Waals surface area contributed by atoms with Gasteiger partial charge in [-0.1, -0.05) is 24.3 Å². The average Bonchev–Trinajstić information content (AvgIpc) is 3.35. The fraction of sp³-hybridized carbons (Fsp3) is 0.478. The van der Waals surface area contributed by atoms with Gasteiger partial charge < -0.3 is 29.5 Å². The number of ether oxygens (including phenoxy) is 3. The molecule has 0 amide bonds. The first kappa shape index (κ1) is 20.3. The molecule has 0 aliphatic carbocycles. The van der Waals surface area contributed by atoms with Crippen LogP contribution in [0.3, 0.4) is 0 Å². The van der Waals surface area contributed by atoms with Crippen LogP contribution in [-0.4, -0.2) is 35.6 Å². The van der Waals surface area contributed by atoms with Crippen LogP contribution in [0.1, 0.15) is 45.6 Å². The molecule has 3 N–H and O–H groups in total. The quantitative estimate of drug-likeness (QED) is 0.691. The summed E-state index contributed by atoms with van der Waals surface area (Å²) in [5, 5.41) is 29.0. The van der Waals surface area contributed by atoms with Crippen LogP contribution < -0.4 is 4.74 Å². The van der Waals surface area contributed by atoms with Crippen molar-refractivity contribution in [1.29, 1.82) is 0 Å². The first-order valence-corrected chi connectivity index (χ1v) is 9.96. The molecule has 0 aromatic heterocycles. The molecule has 2 saturated heterocycles. The zero-order valence-electron chi connectivity index (χ0n) is 16.8. The highest BCUT2D eigenvalue weighted by Crippen LogP contribution is 2.50. The Labute approximate surface area is 170 Å². The van der Waals surface area contributed by atoms with Gasteiger partial charge in [-0.05, 0) is 46.4 Å². The van der Waals surface area contributed by atoms with Crippen molar-refractivity contribution in [2.24, 2.45) is 11.8 Å². The smallest absolute Gasteiger partial charge is 0.122 e. The molecule has 4 rings (SSSR count). The van der Waals surface area contributed by atoms with Crippen molar-refractivity contribution < 1.29 is 29.5 Å². The van der Waals surface area contributed by atoms with E-state index in [1.165, 1.54) is 0 Å². The van der Waals surface area contributed by atoms with Gasteiger partial charge in [-0.25, -0.2) is 0 Å². The van der Waals surface area contributed by atoms with Crippen LogP contribution in [0.4, 0.5) is 0 Å². The number of benzene rings is 2. The number of hydrogen-bond acceptors (Lipinski definition) is 6. The molecule has 1 unspecified atom stereocenters. The van der Waals surface area contributed by atoms with Gasteiger partial charge in [-0.2, -0.15) is 0 Å². The molecule has 6 heteroatoms. The molecule has 2 aromatic carbocycles. The molecule has 0 spiro atoms. The van der Waals surface area contributed by atoms with E-state index < -0.39 is 0 Å². The second-order valence-electron chi connectivity index (χ2n) is 7.86. The summed E-state index contributed by atoms with van der Waals surface area (Å²) in [4.78, 5) is 0. The molecule has 29 heavy (non-hydrogen) atoms. The van der Waals surface area contributed by atoms with Crippen LogP contribution in [0.15, 0.2) is 30.3 Å². The van der Waals surface area contributed by atoms with E-state index in [-0.39, 0.29) is 43.9 Å². The Morgan fingerprint density at radius 1 is 0.862 bits per heavy atom. The average molecular weight is 400 g/mol. The summed E-state index contributed by atoms with van der Waals surface area (Å²) in [6, 6.07) is 9.92. The number of aliphatic hydroxyl groups excluding tert-OH is 3. The van der Waals surface area contributed by atoms with Gasteiger partial charge >= 0.3 is 0 Å². The third-order valence-electron chi connectivity index (χ3n) is 6.31. The van der Waals surface area contributed by atoms with Gasteiger partial charge in [0.1, 0.15) is 5.75 Å². The molecule has 0 bridgehead atoms. The summed E-state index contributed by atoms with van der Waals surface area (Å²) >= 11 is 0. The van der Waals surface area contributed by atoms with Gasteiger partial charge in [0, 0.05) is 11.8 Å². The number of fused-ring (bicyclic) bond motifs is 1. The molecule has 2 aliphatic rings. The number of aryl methyl sites for hydroxylation is 1. The molecule has 2 aliphatic heterocycles. The highest BCUT2D eigenvalue weighted by Gasteiger charge is 2.48. The number of aliphatic hydroxyl groups is 3. The summed E-state index contributed by atoms with van der Waals surface area (Å²) in [6.07, 6.45) is -0.216. The van der Waals surface area contributed by atoms with Crippen LogP contribution in [-0.2, 0) is 29.3 Å². The van der Waals surface area contributed by atoms with E-state index in [4.69, 9.17) is 14.2 Å². The topological polar surface area (TPSA) is 88.4 Å². The van der Waals surface area contributed by atoms with E-state index >= 15 is 0 Å². The minimum atomic E-state index is -0.218. The first-order valence-electron chi connectivity index (χ1n) is 9.96. The van der Waals surface area contributed by atoms with E-state index in [1.54, 1.807) is 7.11 Å². The monoisotopic (exact) mass is 400 g/mol. The Morgan fingerprint density at radius 2 is 1.45 bits per heavy atom. The van der Waals surface area contributed by atoms with Crippen LogP contribution in [0.25, 0.3) is 0 Å². The Balaban J connectivity index is 1.61. The van der Waals surface area contributed by atoms with Crippen LogP contribution in [0.2, 0.25) is 0 Å². The van der Waals surface area contributed by atoms with Gasteiger partial charge in [0.15, 0.2) is 0 Å². The first-order chi connectivity index (χ1) is 14.1. The van der Waals surface area contributed by atoms with Gasteiger partial charge in [0.25, 0.3) is 0 Å². The second kappa shape index (κ2) is 8.42. The van der Waals surface area contributed by atoms with Gasteiger partial charge in [-0.3, -0.25) is 0 Å². The maximum Gasteiger partial charge on any atom is 0.122 e. The van der Waals surface area contributed by atoms with Crippen LogP contribution >= 0.6 is 0 Å². The van der Waals surface area contributed by atoms with Crippen molar-refractivity contribution in [1.82, 2.24) is 0 Å². The van der Waals surface area contributed by atoms with E-state index in [9.17, 15) is 15.3 Å². The number of hydrogen-bond donors (Lipinski definition) is 3. The van der Waals surface area contributed by atoms with Gasteiger partial charge in [0.05, 0.1) is 52.4 Å². The molecule has 6 nitrogen and oxygen atoms in total. The van der Waals surface area contributed by atoms with Crippen molar-refractivity contribution in [3.05, 3.63) is 63.7 Å². The lowest BCUT2D eigenvalue weighted by Crippen LogP contribution is -2.15. The summed E-state index contributed by atoms with van der Waals surface area (Å²) in [5.41, 5.74) is 4.92. The van der Waals surface area contributed by atoms with Crippen molar-refractivity contribution in [2.45, 2.75) is 39.0 Å². The minimum absolute atomic E-state index is 0.0501. The Morgan fingerprint density at radius 3 is 1.97 bits per heavy atom. The molecule has 2 aromatic rings.